The van der Waals surface area contributed by atoms with E-state index in [1.165, 1.54) is 6.07 Å². The van der Waals surface area contributed by atoms with Crippen molar-refractivity contribution in [3.05, 3.63) is 35.5 Å². The summed E-state index contributed by atoms with van der Waals surface area (Å²) in [7, 11) is 1.84. The highest BCUT2D eigenvalue weighted by atomic mass is 19.1. The number of nitrogens with zero attached hydrogens (tertiary/aromatic N) is 4. The third-order valence-corrected chi connectivity index (χ3v) is 4.17. The fourth-order valence-corrected chi connectivity index (χ4v) is 2.75. The Morgan fingerprint density at radius 2 is 2.12 bits per heavy atom. The molecule has 0 N–H and O–H groups in total. The number of hydrogen-bond acceptors (Lipinski definition) is 5. The second-order valence-corrected chi connectivity index (χ2v) is 6.24. The SMILES string of the molecule is Cc1ccc(-c2noc(CN(C)CC(=O)N3CCCC3)n2)cc1F. The molecule has 1 fully saturated rings. The lowest BCUT2D eigenvalue weighted by molar-refractivity contribution is -0.131. The van der Waals surface area contributed by atoms with Crippen molar-refractivity contribution in [1.82, 2.24) is 19.9 Å². The fraction of sp³-hybridized carbons (Fsp3) is 0.471. The number of carbonyl (C=O) groups is 1. The minimum absolute atomic E-state index is 0.121. The van der Waals surface area contributed by atoms with Crippen molar-refractivity contribution < 1.29 is 13.7 Å². The Hall–Kier alpha value is -2.28. The van der Waals surface area contributed by atoms with Gasteiger partial charge in [0.25, 0.3) is 0 Å². The van der Waals surface area contributed by atoms with Crippen molar-refractivity contribution in [2.24, 2.45) is 0 Å². The number of amides is 1. The molecule has 1 aromatic carbocycles. The van der Waals surface area contributed by atoms with Gasteiger partial charge in [0.05, 0.1) is 13.1 Å². The molecule has 1 aromatic heterocycles. The summed E-state index contributed by atoms with van der Waals surface area (Å²) in [5.74, 6) is 0.577. The number of likely N-dealkylation sites (N-methyl/N-ethyl adjacent to an activating group) is 1. The van der Waals surface area contributed by atoms with Crippen LogP contribution in [0.5, 0.6) is 0 Å². The van der Waals surface area contributed by atoms with Gasteiger partial charge in [-0.2, -0.15) is 4.98 Å². The number of benzene rings is 1. The Morgan fingerprint density at radius 3 is 2.83 bits per heavy atom. The molecule has 1 saturated heterocycles. The van der Waals surface area contributed by atoms with Gasteiger partial charge in [-0.05, 0) is 38.4 Å². The standard InChI is InChI=1S/C17H21FN4O2/c1-12-5-6-13(9-14(12)18)17-19-15(24-20-17)10-21(2)11-16(23)22-7-3-4-8-22/h5-6,9H,3-4,7-8,10-11H2,1-2H3. The zero-order valence-corrected chi connectivity index (χ0v) is 14.0. The van der Waals surface area contributed by atoms with Crippen LogP contribution >= 0.6 is 0 Å². The Kier molecular flexibility index (Phi) is 4.89. The first-order valence-electron chi connectivity index (χ1n) is 8.08. The first-order chi connectivity index (χ1) is 11.5. The summed E-state index contributed by atoms with van der Waals surface area (Å²) in [6.45, 7) is 4.08. The van der Waals surface area contributed by atoms with Crippen LogP contribution in [0, 0.1) is 12.7 Å². The van der Waals surface area contributed by atoms with Crippen molar-refractivity contribution in [2.75, 3.05) is 26.7 Å². The van der Waals surface area contributed by atoms with Crippen LogP contribution in [0.4, 0.5) is 4.39 Å². The number of rotatable bonds is 5. The summed E-state index contributed by atoms with van der Waals surface area (Å²) in [4.78, 5) is 20.1. The first-order valence-corrected chi connectivity index (χ1v) is 8.08. The summed E-state index contributed by atoms with van der Waals surface area (Å²) in [6.07, 6.45) is 2.16. The van der Waals surface area contributed by atoms with E-state index in [0.29, 0.717) is 35.9 Å². The third kappa shape index (κ3) is 3.79. The lowest BCUT2D eigenvalue weighted by atomic mass is 10.1. The monoisotopic (exact) mass is 332 g/mol. The predicted octanol–water partition coefficient (Wildman–Crippen LogP) is 2.24. The van der Waals surface area contributed by atoms with Gasteiger partial charge in [0.2, 0.25) is 17.6 Å². The van der Waals surface area contributed by atoms with Crippen molar-refractivity contribution >= 4 is 5.91 Å². The molecular weight excluding hydrogens is 311 g/mol. The minimum atomic E-state index is -0.299. The molecule has 0 saturated carbocycles. The van der Waals surface area contributed by atoms with Gasteiger partial charge < -0.3 is 9.42 Å². The summed E-state index contributed by atoms with van der Waals surface area (Å²) in [6, 6.07) is 4.83. The van der Waals surface area contributed by atoms with Crippen LogP contribution < -0.4 is 0 Å². The van der Waals surface area contributed by atoms with Gasteiger partial charge in [0.1, 0.15) is 5.82 Å². The largest absolute Gasteiger partial charge is 0.342 e. The molecule has 0 unspecified atom stereocenters. The molecule has 2 aromatic rings. The highest BCUT2D eigenvalue weighted by molar-refractivity contribution is 5.78. The van der Waals surface area contributed by atoms with Crippen LogP contribution in [-0.4, -0.2) is 52.5 Å². The van der Waals surface area contributed by atoms with Crippen LogP contribution in [0.1, 0.15) is 24.3 Å². The zero-order valence-electron chi connectivity index (χ0n) is 14.0. The van der Waals surface area contributed by atoms with Crippen molar-refractivity contribution in [2.45, 2.75) is 26.3 Å². The average Bonchev–Trinajstić information content (AvgIpc) is 3.21. The van der Waals surface area contributed by atoms with E-state index in [0.717, 1.165) is 25.9 Å². The van der Waals surface area contributed by atoms with E-state index in [1.807, 2.05) is 16.8 Å². The maximum atomic E-state index is 13.6. The third-order valence-electron chi connectivity index (χ3n) is 4.17. The van der Waals surface area contributed by atoms with E-state index in [1.54, 1.807) is 19.1 Å². The summed E-state index contributed by atoms with van der Waals surface area (Å²) in [5.41, 5.74) is 1.14. The molecule has 3 rings (SSSR count). The van der Waals surface area contributed by atoms with E-state index in [9.17, 15) is 9.18 Å². The van der Waals surface area contributed by atoms with Gasteiger partial charge in [0, 0.05) is 18.7 Å². The zero-order chi connectivity index (χ0) is 17.1. The van der Waals surface area contributed by atoms with E-state index < -0.39 is 0 Å². The minimum Gasteiger partial charge on any atom is -0.342 e. The first kappa shape index (κ1) is 16.6. The average molecular weight is 332 g/mol. The van der Waals surface area contributed by atoms with Gasteiger partial charge in [-0.3, -0.25) is 9.69 Å². The molecule has 0 spiro atoms. The topological polar surface area (TPSA) is 62.5 Å². The Balaban J connectivity index is 1.60. The molecule has 2 heterocycles. The van der Waals surface area contributed by atoms with Crippen molar-refractivity contribution in [3.63, 3.8) is 0 Å². The summed E-state index contributed by atoms with van der Waals surface area (Å²) in [5, 5.41) is 3.89. The predicted molar refractivity (Wildman–Crippen MR) is 86.6 cm³/mol. The van der Waals surface area contributed by atoms with Crippen LogP contribution in [0.2, 0.25) is 0 Å². The smallest absolute Gasteiger partial charge is 0.241 e. The number of aryl methyl sites for hydroxylation is 1. The molecule has 0 bridgehead atoms. The normalized spacial score (nSPS) is 14.6. The Bertz CT molecular complexity index is 725. The number of likely N-dealkylation sites (tertiary alicyclic amines) is 1. The van der Waals surface area contributed by atoms with E-state index in [-0.39, 0.29) is 11.7 Å². The Labute approximate surface area is 140 Å². The molecule has 1 amide bonds. The molecule has 0 atom stereocenters. The quantitative estimate of drug-likeness (QED) is 0.840. The van der Waals surface area contributed by atoms with Gasteiger partial charge in [0.15, 0.2) is 0 Å². The number of hydrogen-bond donors (Lipinski definition) is 0. The van der Waals surface area contributed by atoms with Crippen LogP contribution in [0.25, 0.3) is 11.4 Å². The highest BCUT2D eigenvalue weighted by Crippen LogP contribution is 2.19. The van der Waals surface area contributed by atoms with Gasteiger partial charge >= 0.3 is 0 Å². The molecule has 6 nitrogen and oxygen atoms in total. The molecule has 1 aliphatic rings. The maximum Gasteiger partial charge on any atom is 0.241 e. The van der Waals surface area contributed by atoms with Gasteiger partial charge in [-0.25, -0.2) is 4.39 Å². The second-order valence-electron chi connectivity index (χ2n) is 6.24. The number of aromatic nitrogens is 2. The van der Waals surface area contributed by atoms with Gasteiger partial charge in [-0.15, -0.1) is 0 Å². The van der Waals surface area contributed by atoms with Crippen molar-refractivity contribution in [3.8, 4) is 11.4 Å². The van der Waals surface area contributed by atoms with E-state index in [2.05, 4.69) is 10.1 Å². The Morgan fingerprint density at radius 1 is 1.38 bits per heavy atom. The summed E-state index contributed by atoms with van der Waals surface area (Å²) < 4.78 is 18.9. The fourth-order valence-electron chi connectivity index (χ4n) is 2.75. The second kappa shape index (κ2) is 7.09. The number of carbonyl (C=O) groups excluding carboxylic acids is 1. The molecular formula is C17H21FN4O2. The number of halogens is 1. The highest BCUT2D eigenvalue weighted by Gasteiger charge is 2.20. The van der Waals surface area contributed by atoms with Gasteiger partial charge in [-0.1, -0.05) is 17.3 Å². The van der Waals surface area contributed by atoms with Crippen LogP contribution in [0.15, 0.2) is 22.7 Å². The molecule has 0 aliphatic carbocycles. The lowest BCUT2D eigenvalue weighted by Crippen LogP contribution is -2.37. The molecule has 0 radical (unpaired) electrons. The maximum absolute atomic E-state index is 13.6. The van der Waals surface area contributed by atoms with Crippen molar-refractivity contribution in [1.29, 1.82) is 0 Å². The summed E-state index contributed by atoms with van der Waals surface area (Å²) >= 11 is 0. The van der Waals surface area contributed by atoms with E-state index in [4.69, 9.17) is 4.52 Å². The lowest BCUT2D eigenvalue weighted by Gasteiger charge is -2.19. The van der Waals surface area contributed by atoms with E-state index >= 15 is 0 Å². The molecule has 7 heteroatoms. The molecule has 24 heavy (non-hydrogen) atoms. The van der Waals surface area contributed by atoms with Crippen LogP contribution in [0.3, 0.4) is 0 Å². The molecule has 1 aliphatic heterocycles. The van der Waals surface area contributed by atoms with Crippen LogP contribution in [-0.2, 0) is 11.3 Å². The molecule has 128 valence electrons.